The minimum absolute atomic E-state index is 0.266. The van der Waals surface area contributed by atoms with E-state index in [-0.39, 0.29) is 6.10 Å². The highest BCUT2D eigenvalue weighted by Crippen LogP contribution is 2.12. The van der Waals surface area contributed by atoms with Crippen molar-refractivity contribution in [3.63, 3.8) is 0 Å². The van der Waals surface area contributed by atoms with Crippen LogP contribution in [0.15, 0.2) is 24.3 Å². The summed E-state index contributed by atoms with van der Waals surface area (Å²) in [7, 11) is 0. The summed E-state index contributed by atoms with van der Waals surface area (Å²) in [5.41, 5.74) is 0.621. The van der Waals surface area contributed by atoms with E-state index in [1.807, 2.05) is 26.0 Å². The van der Waals surface area contributed by atoms with Crippen molar-refractivity contribution in [2.24, 2.45) is 0 Å². The largest absolute Gasteiger partial charge is 0.493 e. The van der Waals surface area contributed by atoms with E-state index in [4.69, 9.17) is 14.7 Å². The fourth-order valence-corrected chi connectivity index (χ4v) is 1.22. The lowest BCUT2D eigenvalue weighted by Gasteiger charge is -2.08. The summed E-state index contributed by atoms with van der Waals surface area (Å²) < 4.78 is 10.9. The van der Waals surface area contributed by atoms with Crippen LogP contribution in [0.4, 0.5) is 0 Å². The van der Waals surface area contributed by atoms with E-state index in [9.17, 15) is 0 Å². The summed E-state index contributed by atoms with van der Waals surface area (Å²) >= 11 is 0. The molecule has 0 spiro atoms. The van der Waals surface area contributed by atoms with Gasteiger partial charge in [0.2, 0.25) is 0 Å². The molecule has 0 radical (unpaired) electrons. The normalized spacial score (nSPS) is 10.1. The first kappa shape index (κ1) is 12.5. The van der Waals surface area contributed by atoms with Crippen LogP contribution in [0.25, 0.3) is 0 Å². The van der Waals surface area contributed by atoms with Gasteiger partial charge in [0.15, 0.2) is 0 Å². The molecule has 0 heterocycles. The Labute approximate surface area is 96.6 Å². The fourth-order valence-electron chi connectivity index (χ4n) is 1.22. The Kier molecular flexibility index (Phi) is 5.38. The quantitative estimate of drug-likeness (QED) is 0.691. The third-order valence-corrected chi connectivity index (χ3v) is 1.97. The van der Waals surface area contributed by atoms with Gasteiger partial charge in [-0.2, -0.15) is 5.26 Å². The molecule has 1 aromatic carbocycles. The van der Waals surface area contributed by atoms with Gasteiger partial charge in [0.1, 0.15) is 5.75 Å². The number of hydrogen-bond acceptors (Lipinski definition) is 3. The van der Waals surface area contributed by atoms with Gasteiger partial charge in [-0.15, -0.1) is 0 Å². The molecule has 3 nitrogen and oxygen atoms in total. The Bertz CT molecular complexity index is 355. The highest BCUT2D eigenvalue weighted by atomic mass is 16.5. The maximum Gasteiger partial charge on any atom is 0.120 e. The van der Waals surface area contributed by atoms with Gasteiger partial charge in [-0.25, -0.2) is 0 Å². The molecule has 0 N–H and O–H groups in total. The van der Waals surface area contributed by atoms with Crippen LogP contribution in [0.2, 0.25) is 0 Å². The smallest absolute Gasteiger partial charge is 0.120 e. The molecule has 86 valence electrons. The minimum Gasteiger partial charge on any atom is -0.493 e. The zero-order chi connectivity index (χ0) is 11.8. The third kappa shape index (κ3) is 4.81. The van der Waals surface area contributed by atoms with Crippen LogP contribution >= 0.6 is 0 Å². The van der Waals surface area contributed by atoms with Crippen LogP contribution in [0, 0.1) is 11.3 Å². The van der Waals surface area contributed by atoms with Crippen LogP contribution in [0.1, 0.15) is 25.8 Å². The number of nitriles is 1. The maximum absolute atomic E-state index is 8.71. The Balaban J connectivity index is 2.24. The van der Waals surface area contributed by atoms with Gasteiger partial charge in [-0.05, 0) is 32.0 Å². The van der Waals surface area contributed by atoms with Gasteiger partial charge < -0.3 is 9.47 Å². The van der Waals surface area contributed by atoms with Crippen LogP contribution in [0.5, 0.6) is 5.75 Å². The zero-order valence-corrected chi connectivity index (χ0v) is 9.77. The Morgan fingerprint density at radius 3 is 2.81 bits per heavy atom. The molecule has 3 heteroatoms. The molecule has 1 rings (SSSR count). The molecule has 0 saturated carbocycles. The predicted octanol–water partition coefficient (Wildman–Crippen LogP) is 2.75. The zero-order valence-electron chi connectivity index (χ0n) is 9.77. The molecule has 16 heavy (non-hydrogen) atoms. The number of benzene rings is 1. The summed E-state index contributed by atoms with van der Waals surface area (Å²) in [6.45, 7) is 5.34. The molecule has 0 atom stereocenters. The molecule has 0 amide bonds. The number of nitrogens with zero attached hydrogens (tertiary/aromatic N) is 1. The van der Waals surface area contributed by atoms with Crippen molar-refractivity contribution < 1.29 is 9.47 Å². The first-order chi connectivity index (χ1) is 7.72. The van der Waals surface area contributed by atoms with Gasteiger partial charge in [-0.3, -0.25) is 0 Å². The second-order valence-corrected chi connectivity index (χ2v) is 3.76. The van der Waals surface area contributed by atoms with E-state index >= 15 is 0 Å². The lowest BCUT2D eigenvalue weighted by molar-refractivity contribution is 0.0694. The summed E-state index contributed by atoms with van der Waals surface area (Å²) in [6.07, 6.45) is 1.12. The van der Waals surface area contributed by atoms with Gasteiger partial charge in [-0.1, -0.05) is 6.07 Å². The molecule has 0 aliphatic carbocycles. The van der Waals surface area contributed by atoms with E-state index in [0.717, 1.165) is 12.2 Å². The standard InChI is InChI=1S/C13H17NO2/c1-11(2)15-7-4-8-16-13-6-3-5-12(9-13)10-14/h3,5-6,9,11H,4,7-8H2,1-2H3. The van der Waals surface area contributed by atoms with Gasteiger partial charge in [0.05, 0.1) is 31.0 Å². The number of hydrogen-bond donors (Lipinski definition) is 0. The molecule has 0 saturated heterocycles. The summed E-state index contributed by atoms with van der Waals surface area (Å²) in [5.74, 6) is 0.739. The monoisotopic (exact) mass is 219 g/mol. The van der Waals surface area contributed by atoms with Crippen molar-refractivity contribution in [3.8, 4) is 11.8 Å². The highest BCUT2D eigenvalue weighted by Gasteiger charge is 1.97. The topological polar surface area (TPSA) is 42.2 Å². The average Bonchev–Trinajstić information content (AvgIpc) is 2.28. The van der Waals surface area contributed by atoms with Crippen molar-refractivity contribution in [3.05, 3.63) is 29.8 Å². The summed E-state index contributed by atoms with van der Waals surface area (Å²) in [5, 5.41) is 8.71. The molecule has 0 fully saturated rings. The summed E-state index contributed by atoms with van der Waals surface area (Å²) in [6, 6.07) is 9.25. The van der Waals surface area contributed by atoms with E-state index in [2.05, 4.69) is 6.07 Å². The Morgan fingerprint density at radius 1 is 1.31 bits per heavy atom. The fraction of sp³-hybridized carbons (Fsp3) is 0.462. The van der Waals surface area contributed by atoms with Gasteiger partial charge >= 0.3 is 0 Å². The van der Waals surface area contributed by atoms with Crippen LogP contribution in [-0.2, 0) is 4.74 Å². The van der Waals surface area contributed by atoms with Crippen molar-refractivity contribution in [2.75, 3.05) is 13.2 Å². The van der Waals surface area contributed by atoms with Crippen LogP contribution in [-0.4, -0.2) is 19.3 Å². The second kappa shape index (κ2) is 6.86. The first-order valence-corrected chi connectivity index (χ1v) is 5.47. The molecule has 0 aliphatic rings. The number of rotatable bonds is 6. The van der Waals surface area contributed by atoms with E-state index in [1.165, 1.54) is 0 Å². The third-order valence-electron chi connectivity index (χ3n) is 1.97. The van der Waals surface area contributed by atoms with Crippen molar-refractivity contribution in [2.45, 2.75) is 26.4 Å². The number of ether oxygens (including phenoxy) is 2. The van der Waals surface area contributed by atoms with Crippen LogP contribution in [0.3, 0.4) is 0 Å². The molecular weight excluding hydrogens is 202 g/mol. The van der Waals surface area contributed by atoms with Crippen molar-refractivity contribution in [1.82, 2.24) is 0 Å². The SMILES string of the molecule is CC(C)OCCCOc1cccc(C#N)c1. The molecule has 0 aromatic heterocycles. The van der Waals surface area contributed by atoms with Crippen molar-refractivity contribution >= 4 is 0 Å². The Hall–Kier alpha value is -1.53. The van der Waals surface area contributed by atoms with Gasteiger partial charge in [0.25, 0.3) is 0 Å². The maximum atomic E-state index is 8.71. The molecule has 0 aliphatic heterocycles. The molecule has 1 aromatic rings. The summed E-state index contributed by atoms with van der Waals surface area (Å²) in [4.78, 5) is 0. The van der Waals surface area contributed by atoms with Gasteiger partial charge in [0, 0.05) is 6.42 Å². The van der Waals surface area contributed by atoms with E-state index < -0.39 is 0 Å². The highest BCUT2D eigenvalue weighted by molar-refractivity contribution is 5.36. The predicted molar refractivity (Wildman–Crippen MR) is 62.4 cm³/mol. The molecule has 0 bridgehead atoms. The van der Waals surface area contributed by atoms with E-state index in [0.29, 0.717) is 18.8 Å². The van der Waals surface area contributed by atoms with Crippen LogP contribution < -0.4 is 4.74 Å². The second-order valence-electron chi connectivity index (χ2n) is 3.76. The lowest BCUT2D eigenvalue weighted by Crippen LogP contribution is -2.07. The van der Waals surface area contributed by atoms with Crippen molar-refractivity contribution in [1.29, 1.82) is 5.26 Å². The Morgan fingerprint density at radius 2 is 2.12 bits per heavy atom. The lowest BCUT2D eigenvalue weighted by atomic mass is 10.2. The molecular formula is C13H17NO2. The van der Waals surface area contributed by atoms with E-state index in [1.54, 1.807) is 12.1 Å². The first-order valence-electron chi connectivity index (χ1n) is 5.47. The average molecular weight is 219 g/mol. The molecule has 0 unspecified atom stereocenters. The minimum atomic E-state index is 0.266.